The molecule has 1 atom stereocenters. The van der Waals surface area contributed by atoms with Gasteiger partial charge in [-0.1, -0.05) is 16.7 Å². The van der Waals surface area contributed by atoms with Crippen LogP contribution >= 0.6 is 27.5 Å². The average Bonchev–Trinajstić information content (AvgIpc) is 2.71. The van der Waals surface area contributed by atoms with Crippen LogP contribution in [0.1, 0.15) is 6.42 Å². The average molecular weight is 331 g/mol. The highest BCUT2D eigenvalue weighted by Crippen LogP contribution is 2.34. The van der Waals surface area contributed by atoms with Crippen LogP contribution in [0.4, 0.5) is 5.69 Å². The minimum absolute atomic E-state index is 0.0310. The fourth-order valence-corrected chi connectivity index (χ4v) is 2.41. The third-order valence-electron chi connectivity index (χ3n) is 2.72. The van der Waals surface area contributed by atoms with Crippen molar-refractivity contribution in [2.24, 2.45) is 11.0 Å². The molecule has 0 radical (unpaired) electrons. The first-order valence-electron chi connectivity index (χ1n) is 5.23. The highest BCUT2D eigenvalue weighted by atomic mass is 79.9. The summed E-state index contributed by atoms with van der Waals surface area (Å²) in [7, 11) is 0. The van der Waals surface area contributed by atoms with Crippen LogP contribution in [-0.4, -0.2) is 24.0 Å². The summed E-state index contributed by atoms with van der Waals surface area (Å²) in [5.74, 6) is -0.00149. The lowest BCUT2D eigenvalue weighted by atomic mass is 10.1. The number of azide groups is 1. The van der Waals surface area contributed by atoms with Gasteiger partial charge >= 0.3 is 0 Å². The van der Waals surface area contributed by atoms with E-state index >= 15 is 0 Å². The van der Waals surface area contributed by atoms with Crippen LogP contribution in [0.2, 0.25) is 5.02 Å². The molecule has 1 amide bonds. The van der Waals surface area contributed by atoms with Crippen molar-refractivity contribution in [1.82, 2.24) is 4.98 Å². The number of amides is 1. The van der Waals surface area contributed by atoms with Gasteiger partial charge in [0.05, 0.1) is 21.4 Å². The topological polar surface area (TPSA) is 82.0 Å². The molecule has 18 heavy (non-hydrogen) atoms. The second-order valence-electron chi connectivity index (χ2n) is 3.94. The van der Waals surface area contributed by atoms with Crippen LogP contribution in [0.25, 0.3) is 10.4 Å². The van der Waals surface area contributed by atoms with Crippen LogP contribution in [0.3, 0.4) is 0 Å². The number of nitrogens with zero attached hydrogens (tertiary/aromatic N) is 5. The van der Waals surface area contributed by atoms with E-state index in [1.807, 2.05) is 0 Å². The molecule has 8 heteroatoms. The number of hydrogen-bond donors (Lipinski definition) is 0. The Labute approximate surface area is 117 Å². The first-order valence-corrected chi connectivity index (χ1v) is 6.40. The lowest BCUT2D eigenvalue weighted by molar-refractivity contribution is -0.117. The summed E-state index contributed by atoms with van der Waals surface area (Å²) in [4.78, 5) is 20.2. The zero-order chi connectivity index (χ0) is 13.1. The Morgan fingerprint density at radius 2 is 2.44 bits per heavy atom. The third-order valence-corrected chi connectivity index (χ3v) is 3.95. The Balaban J connectivity index is 2.21. The van der Waals surface area contributed by atoms with E-state index in [1.165, 1.54) is 0 Å². The molecule has 0 bridgehead atoms. The van der Waals surface area contributed by atoms with Gasteiger partial charge in [-0.2, -0.15) is 0 Å². The fraction of sp³-hybridized carbons (Fsp3) is 0.400. The van der Waals surface area contributed by atoms with Crippen molar-refractivity contribution in [2.75, 3.05) is 18.0 Å². The molecule has 0 spiro atoms. The van der Waals surface area contributed by atoms with Crippen LogP contribution in [0.5, 0.6) is 0 Å². The maximum atomic E-state index is 11.9. The first kappa shape index (κ1) is 13.1. The second-order valence-corrected chi connectivity index (χ2v) is 5.17. The summed E-state index contributed by atoms with van der Waals surface area (Å²) in [5.41, 5.74) is 8.86. The lowest BCUT2D eigenvalue weighted by Gasteiger charge is -2.17. The van der Waals surface area contributed by atoms with Crippen LogP contribution in [0, 0.1) is 5.92 Å². The number of anilines is 1. The monoisotopic (exact) mass is 329 g/mol. The second kappa shape index (κ2) is 5.56. The highest BCUT2D eigenvalue weighted by Gasteiger charge is 2.31. The van der Waals surface area contributed by atoms with E-state index in [0.29, 0.717) is 34.7 Å². The fourth-order valence-electron chi connectivity index (χ4n) is 1.89. The van der Waals surface area contributed by atoms with Crippen molar-refractivity contribution in [1.29, 1.82) is 0 Å². The Morgan fingerprint density at radius 3 is 3.17 bits per heavy atom. The van der Waals surface area contributed by atoms with Crippen LogP contribution in [-0.2, 0) is 4.79 Å². The summed E-state index contributed by atoms with van der Waals surface area (Å²) in [6.07, 6.45) is 3.49. The molecule has 1 fully saturated rings. The Hall–Kier alpha value is -1.30. The van der Waals surface area contributed by atoms with E-state index < -0.39 is 0 Å². The van der Waals surface area contributed by atoms with E-state index in [2.05, 4.69) is 30.9 Å². The van der Waals surface area contributed by atoms with Crippen molar-refractivity contribution in [3.05, 3.63) is 32.3 Å². The molecule has 1 saturated heterocycles. The molecule has 0 aromatic carbocycles. The van der Waals surface area contributed by atoms with Gasteiger partial charge in [0.15, 0.2) is 0 Å². The van der Waals surface area contributed by atoms with Gasteiger partial charge in [-0.3, -0.25) is 9.78 Å². The molecular formula is C10H9BrClN5O. The van der Waals surface area contributed by atoms with Crippen molar-refractivity contribution >= 4 is 39.1 Å². The Bertz CT molecular complexity index is 531. The molecule has 6 nitrogen and oxygen atoms in total. The predicted octanol–water partition coefficient (Wildman–Crippen LogP) is 3.16. The number of pyridine rings is 1. The normalized spacial score (nSPS) is 18.9. The third kappa shape index (κ3) is 2.58. The van der Waals surface area contributed by atoms with Gasteiger partial charge in [0, 0.05) is 30.6 Å². The summed E-state index contributed by atoms with van der Waals surface area (Å²) < 4.78 is 0.646. The number of aromatic nitrogens is 1. The molecule has 94 valence electrons. The highest BCUT2D eigenvalue weighted by molar-refractivity contribution is 9.10. The molecule has 1 aliphatic heterocycles. The molecule has 0 saturated carbocycles. The molecule has 1 aromatic rings. The molecule has 2 heterocycles. The molecular weight excluding hydrogens is 322 g/mol. The lowest BCUT2D eigenvalue weighted by Crippen LogP contribution is -2.25. The number of rotatable bonds is 3. The summed E-state index contributed by atoms with van der Waals surface area (Å²) in [5, 5.41) is 3.96. The predicted molar refractivity (Wildman–Crippen MR) is 71.4 cm³/mol. The van der Waals surface area contributed by atoms with Crippen molar-refractivity contribution < 1.29 is 4.79 Å². The number of halogens is 2. The van der Waals surface area contributed by atoms with Gasteiger partial charge in [-0.05, 0) is 27.4 Å². The SMILES string of the molecule is [N-]=[N+]=NCC1CC(=O)N(c2cncc(Br)c2Cl)C1. The molecule has 2 rings (SSSR count). The van der Waals surface area contributed by atoms with E-state index in [0.717, 1.165) is 0 Å². The minimum Gasteiger partial charge on any atom is -0.309 e. The Morgan fingerprint density at radius 1 is 1.67 bits per heavy atom. The Kier molecular flexibility index (Phi) is 4.06. The van der Waals surface area contributed by atoms with E-state index in [1.54, 1.807) is 17.3 Å². The molecule has 0 aliphatic carbocycles. The number of carbonyl (C=O) groups is 1. The van der Waals surface area contributed by atoms with Gasteiger partial charge in [-0.25, -0.2) is 0 Å². The van der Waals surface area contributed by atoms with Gasteiger partial charge in [0.1, 0.15) is 0 Å². The van der Waals surface area contributed by atoms with Crippen LogP contribution in [0.15, 0.2) is 22.0 Å². The molecule has 1 aromatic heterocycles. The van der Waals surface area contributed by atoms with Gasteiger partial charge in [0.25, 0.3) is 0 Å². The quantitative estimate of drug-likeness (QED) is 0.484. The van der Waals surface area contributed by atoms with E-state index in [-0.39, 0.29) is 11.8 Å². The largest absolute Gasteiger partial charge is 0.309 e. The molecule has 0 N–H and O–H groups in total. The van der Waals surface area contributed by atoms with Gasteiger partial charge in [-0.15, -0.1) is 0 Å². The summed E-state index contributed by atoms with van der Waals surface area (Å²) >= 11 is 9.40. The summed E-state index contributed by atoms with van der Waals surface area (Å²) in [6.45, 7) is 0.813. The minimum atomic E-state index is -0.0325. The number of hydrogen-bond acceptors (Lipinski definition) is 3. The van der Waals surface area contributed by atoms with Crippen molar-refractivity contribution in [3.63, 3.8) is 0 Å². The zero-order valence-corrected chi connectivity index (χ0v) is 11.6. The standard InChI is InChI=1S/C10H9BrClN5O/c11-7-3-14-4-8(10(7)12)17-5-6(1-9(17)18)2-15-16-13/h3-4,6H,1-2,5H2. The summed E-state index contributed by atoms with van der Waals surface area (Å²) in [6, 6.07) is 0. The molecule has 1 aliphatic rings. The van der Waals surface area contributed by atoms with Crippen molar-refractivity contribution in [2.45, 2.75) is 6.42 Å². The first-order chi connectivity index (χ1) is 8.63. The smallest absolute Gasteiger partial charge is 0.227 e. The van der Waals surface area contributed by atoms with Gasteiger partial charge in [0.2, 0.25) is 5.91 Å². The van der Waals surface area contributed by atoms with Gasteiger partial charge < -0.3 is 4.90 Å². The molecule has 1 unspecified atom stereocenters. The van der Waals surface area contributed by atoms with E-state index in [4.69, 9.17) is 17.1 Å². The van der Waals surface area contributed by atoms with Crippen molar-refractivity contribution in [3.8, 4) is 0 Å². The number of carbonyl (C=O) groups excluding carboxylic acids is 1. The van der Waals surface area contributed by atoms with Crippen LogP contribution < -0.4 is 4.90 Å². The maximum absolute atomic E-state index is 11.9. The zero-order valence-electron chi connectivity index (χ0n) is 9.25. The maximum Gasteiger partial charge on any atom is 0.227 e. The van der Waals surface area contributed by atoms with E-state index in [9.17, 15) is 4.79 Å².